The summed E-state index contributed by atoms with van der Waals surface area (Å²) in [7, 11) is 0. The van der Waals surface area contributed by atoms with Crippen LogP contribution in [0.3, 0.4) is 0 Å². The summed E-state index contributed by atoms with van der Waals surface area (Å²) in [6.07, 6.45) is 0. The lowest BCUT2D eigenvalue weighted by atomic mass is 9.90. The van der Waals surface area contributed by atoms with Gasteiger partial charge in [-0.15, -0.1) is 0 Å². The number of hydrogen-bond acceptors (Lipinski definition) is 3. The number of rotatable bonds is 6. The minimum atomic E-state index is -0.481. The standard InChI is InChI=1S/C51H33N3/c1-3-13-34(14-4-1)37-27-28-39-32-42(30-29-38(39)31-37)51-53-49(36-16-5-2-6-17-36)52-50(54-51)41-20-9-19-40(33-41)44-22-11-25-48-46(44)24-12-26-47(48)45-23-10-18-35-15-7-8-21-43(35)45/h1-33H/i7D,8D,10D,15D,18D,21D,23D. The molecule has 3 heteroatoms. The van der Waals surface area contributed by atoms with Crippen molar-refractivity contribution in [3.63, 3.8) is 0 Å². The molecule has 0 spiro atoms. The second-order valence-corrected chi connectivity index (χ2v) is 13.1. The first-order valence-electron chi connectivity index (χ1n) is 21.2. The second kappa shape index (κ2) is 13.4. The van der Waals surface area contributed by atoms with E-state index in [0.717, 1.165) is 60.5 Å². The van der Waals surface area contributed by atoms with E-state index in [1.807, 2.05) is 109 Å². The third kappa shape index (κ3) is 5.78. The third-order valence-corrected chi connectivity index (χ3v) is 9.81. The Kier molecular flexibility index (Phi) is 6.17. The predicted molar refractivity (Wildman–Crippen MR) is 225 cm³/mol. The zero-order valence-corrected chi connectivity index (χ0v) is 28.9. The number of hydrogen-bond donors (Lipinski definition) is 0. The van der Waals surface area contributed by atoms with E-state index >= 15 is 0 Å². The van der Waals surface area contributed by atoms with Crippen LogP contribution in [0.4, 0.5) is 0 Å². The maximum Gasteiger partial charge on any atom is 0.164 e. The Morgan fingerprint density at radius 1 is 0.296 bits per heavy atom. The molecular formula is C51H33N3. The quantitative estimate of drug-likeness (QED) is 0.174. The molecule has 0 N–H and O–H groups in total. The van der Waals surface area contributed by atoms with E-state index in [1.165, 1.54) is 0 Å². The van der Waals surface area contributed by atoms with Crippen molar-refractivity contribution >= 4 is 32.3 Å². The molecule has 0 aliphatic heterocycles. The molecule has 0 fully saturated rings. The maximum atomic E-state index is 9.02. The van der Waals surface area contributed by atoms with Crippen molar-refractivity contribution in [3.05, 3.63) is 200 Å². The van der Waals surface area contributed by atoms with Crippen LogP contribution in [-0.2, 0) is 0 Å². The van der Waals surface area contributed by atoms with Gasteiger partial charge < -0.3 is 0 Å². The Labute approximate surface area is 323 Å². The average molecular weight is 695 g/mol. The molecule has 10 aromatic rings. The molecule has 9 aromatic carbocycles. The highest BCUT2D eigenvalue weighted by atomic mass is 15.0. The fourth-order valence-electron chi connectivity index (χ4n) is 7.17. The van der Waals surface area contributed by atoms with Crippen LogP contribution in [0.5, 0.6) is 0 Å². The highest BCUT2D eigenvalue weighted by Crippen LogP contribution is 2.38. The van der Waals surface area contributed by atoms with Gasteiger partial charge in [0.2, 0.25) is 0 Å². The van der Waals surface area contributed by atoms with Gasteiger partial charge in [-0.2, -0.15) is 0 Å². The lowest BCUT2D eigenvalue weighted by molar-refractivity contribution is 1.07. The molecule has 0 amide bonds. The van der Waals surface area contributed by atoms with Crippen LogP contribution in [0.25, 0.3) is 99.9 Å². The van der Waals surface area contributed by atoms with E-state index < -0.39 is 30.2 Å². The fraction of sp³-hybridized carbons (Fsp3) is 0. The van der Waals surface area contributed by atoms with Crippen LogP contribution in [0.2, 0.25) is 0 Å². The number of nitrogens with zero attached hydrogens (tertiary/aromatic N) is 3. The van der Waals surface area contributed by atoms with Crippen molar-refractivity contribution in [1.29, 1.82) is 0 Å². The molecule has 0 atom stereocenters. The molecule has 0 bridgehead atoms. The molecule has 1 heterocycles. The molecule has 54 heavy (non-hydrogen) atoms. The van der Waals surface area contributed by atoms with Gasteiger partial charge in [0.1, 0.15) is 0 Å². The number of benzene rings is 9. The van der Waals surface area contributed by atoms with E-state index in [4.69, 9.17) is 24.5 Å². The van der Waals surface area contributed by atoms with Gasteiger partial charge in [0.25, 0.3) is 0 Å². The molecule has 0 saturated heterocycles. The second-order valence-electron chi connectivity index (χ2n) is 13.1. The Morgan fingerprint density at radius 3 is 1.59 bits per heavy atom. The highest BCUT2D eigenvalue weighted by molar-refractivity contribution is 6.09. The normalized spacial score (nSPS) is 13.1. The molecule has 3 nitrogen and oxygen atoms in total. The topological polar surface area (TPSA) is 38.7 Å². The largest absolute Gasteiger partial charge is 0.208 e. The Balaban J connectivity index is 1.11. The molecule has 252 valence electrons. The van der Waals surface area contributed by atoms with E-state index in [1.54, 1.807) is 6.07 Å². The van der Waals surface area contributed by atoms with Crippen LogP contribution >= 0.6 is 0 Å². The van der Waals surface area contributed by atoms with Crippen LogP contribution in [0.1, 0.15) is 9.60 Å². The SMILES string of the molecule is [2H]c1c([2H])c([2H])c2c(-c3cccc4c(-c5cccc(-c6nc(-c7ccccc7)nc(-c7ccc8cc(-c9ccccc9)ccc8c7)n6)c5)cccc34)c([2H])c([2H])c([2H])c2c1[2H]. The van der Waals surface area contributed by atoms with Crippen LogP contribution < -0.4 is 0 Å². The monoisotopic (exact) mass is 694 g/mol. The van der Waals surface area contributed by atoms with Crippen molar-refractivity contribution in [2.45, 2.75) is 0 Å². The minimum absolute atomic E-state index is 0.0557. The molecule has 0 aliphatic rings. The van der Waals surface area contributed by atoms with E-state index in [0.29, 0.717) is 23.0 Å². The summed E-state index contributed by atoms with van der Waals surface area (Å²) < 4.78 is 60.5. The Bertz CT molecular complexity index is 3390. The van der Waals surface area contributed by atoms with Gasteiger partial charge in [-0.05, 0) is 83.9 Å². The van der Waals surface area contributed by atoms with Crippen molar-refractivity contribution < 1.29 is 9.60 Å². The lowest BCUT2D eigenvalue weighted by Crippen LogP contribution is -2.00. The van der Waals surface area contributed by atoms with E-state index in [2.05, 4.69) is 42.5 Å². The first kappa shape index (κ1) is 24.9. The van der Waals surface area contributed by atoms with Gasteiger partial charge in [-0.1, -0.05) is 182 Å². The fourth-order valence-corrected chi connectivity index (χ4v) is 7.17. The van der Waals surface area contributed by atoms with Crippen molar-refractivity contribution in [3.8, 4) is 67.5 Å². The molecular weight excluding hydrogens is 655 g/mol. The van der Waals surface area contributed by atoms with Crippen molar-refractivity contribution in [2.75, 3.05) is 0 Å². The summed E-state index contributed by atoms with van der Waals surface area (Å²) in [5, 5.41) is 3.72. The third-order valence-electron chi connectivity index (χ3n) is 9.81. The van der Waals surface area contributed by atoms with Gasteiger partial charge in [0, 0.05) is 16.7 Å². The molecule has 10 rings (SSSR count). The summed E-state index contributed by atoms with van der Waals surface area (Å²) in [6.45, 7) is 0. The summed E-state index contributed by atoms with van der Waals surface area (Å²) in [5.74, 6) is 1.59. The highest BCUT2D eigenvalue weighted by Gasteiger charge is 2.15. The predicted octanol–water partition coefficient (Wildman–Crippen LogP) is 13.3. The van der Waals surface area contributed by atoms with Crippen molar-refractivity contribution in [2.24, 2.45) is 0 Å². The van der Waals surface area contributed by atoms with E-state index in [9.17, 15) is 0 Å². The zero-order valence-electron chi connectivity index (χ0n) is 35.9. The van der Waals surface area contributed by atoms with Crippen LogP contribution in [0, 0.1) is 0 Å². The lowest BCUT2D eigenvalue weighted by Gasteiger charge is -2.14. The molecule has 0 saturated carbocycles. The van der Waals surface area contributed by atoms with Gasteiger partial charge in [-0.25, -0.2) is 15.0 Å². The zero-order chi connectivity index (χ0) is 41.9. The first-order valence-corrected chi connectivity index (χ1v) is 17.7. The number of aromatic nitrogens is 3. The average Bonchev–Trinajstić information content (AvgIpc) is 3.31. The van der Waals surface area contributed by atoms with Gasteiger partial charge >= 0.3 is 0 Å². The van der Waals surface area contributed by atoms with Gasteiger partial charge in [0.05, 0.1) is 9.60 Å². The summed E-state index contributed by atoms with van der Waals surface area (Å²) in [5.41, 5.74) is 7.28. The molecule has 0 aliphatic carbocycles. The molecule has 0 unspecified atom stereocenters. The molecule has 1 aromatic heterocycles. The maximum absolute atomic E-state index is 9.02. The summed E-state index contributed by atoms with van der Waals surface area (Å²) in [6, 6.07) is 49.5. The number of fused-ring (bicyclic) bond motifs is 3. The minimum Gasteiger partial charge on any atom is -0.208 e. The smallest absolute Gasteiger partial charge is 0.164 e. The first-order chi connectivity index (χ1) is 29.7. The van der Waals surface area contributed by atoms with Crippen LogP contribution in [0.15, 0.2) is 200 Å². The van der Waals surface area contributed by atoms with Gasteiger partial charge in [0.15, 0.2) is 17.5 Å². The Morgan fingerprint density at radius 2 is 0.833 bits per heavy atom. The van der Waals surface area contributed by atoms with Gasteiger partial charge in [-0.3, -0.25) is 0 Å². The summed E-state index contributed by atoms with van der Waals surface area (Å²) >= 11 is 0. The van der Waals surface area contributed by atoms with Crippen molar-refractivity contribution in [1.82, 2.24) is 15.0 Å². The molecule has 0 radical (unpaired) electrons. The summed E-state index contributed by atoms with van der Waals surface area (Å²) in [4.78, 5) is 15.1. The van der Waals surface area contributed by atoms with Crippen LogP contribution in [-0.4, -0.2) is 15.0 Å². The Hall–Kier alpha value is -7.23. The van der Waals surface area contributed by atoms with E-state index in [-0.39, 0.29) is 28.4 Å².